The predicted molar refractivity (Wildman–Crippen MR) is 66.2 cm³/mol. The number of hydrogen-bond donors (Lipinski definition) is 2. The molecule has 128 valence electrons. The highest BCUT2D eigenvalue weighted by molar-refractivity contribution is 5.85. The fraction of sp³-hybridized carbons (Fsp3) is 0.583. The summed E-state index contributed by atoms with van der Waals surface area (Å²) in [6.45, 7) is -2.54. The van der Waals surface area contributed by atoms with Gasteiger partial charge in [0.2, 0.25) is 5.91 Å². The van der Waals surface area contributed by atoms with Gasteiger partial charge in [-0.2, -0.15) is 8.78 Å². The van der Waals surface area contributed by atoms with E-state index in [4.69, 9.17) is 0 Å². The molecule has 2 heterocycles. The normalized spacial score (nSPS) is 18.1. The lowest BCUT2D eigenvalue weighted by Crippen LogP contribution is -2.45. The molecular formula is C12H13F4N3O4. The van der Waals surface area contributed by atoms with Crippen LogP contribution >= 0.6 is 0 Å². The number of hydrogen-bond acceptors (Lipinski definition) is 4. The molecule has 11 heteroatoms. The molecule has 1 amide bonds. The Bertz CT molecular complexity index is 593. The Hall–Kier alpha value is -2.17. The number of rotatable bonds is 6. The van der Waals surface area contributed by atoms with E-state index in [1.54, 1.807) is 0 Å². The molecule has 1 aromatic heterocycles. The summed E-state index contributed by atoms with van der Waals surface area (Å²) in [6, 6.07) is -1.38. The van der Waals surface area contributed by atoms with Gasteiger partial charge in [0.15, 0.2) is 6.04 Å². The Balaban J connectivity index is 2.01. The van der Waals surface area contributed by atoms with Crippen LogP contribution in [0.1, 0.15) is 17.4 Å². The first kappa shape index (κ1) is 17.2. The van der Waals surface area contributed by atoms with Gasteiger partial charge in [0, 0.05) is 18.7 Å². The summed E-state index contributed by atoms with van der Waals surface area (Å²) in [5, 5.41) is 9.24. The fourth-order valence-corrected chi connectivity index (χ4v) is 2.22. The van der Waals surface area contributed by atoms with E-state index in [1.807, 2.05) is 0 Å². The summed E-state index contributed by atoms with van der Waals surface area (Å²) in [6.07, 6.45) is -2.32. The van der Waals surface area contributed by atoms with Crippen LogP contribution in [-0.4, -0.2) is 64.0 Å². The second-order valence-electron chi connectivity index (χ2n) is 4.90. The van der Waals surface area contributed by atoms with E-state index in [0.717, 1.165) is 4.90 Å². The number of fused-ring (bicyclic) bond motifs is 1. The number of halogens is 4. The lowest BCUT2D eigenvalue weighted by atomic mass is 10.0. The minimum Gasteiger partial charge on any atom is -0.479 e. The van der Waals surface area contributed by atoms with E-state index in [1.165, 1.54) is 6.33 Å². The molecule has 0 aromatic carbocycles. The van der Waals surface area contributed by atoms with E-state index in [0.29, 0.717) is 12.1 Å². The maximum absolute atomic E-state index is 12.7. The second kappa shape index (κ2) is 6.52. The number of aliphatic carboxylic acids is 1. The molecule has 2 rings (SSSR count). The molecule has 1 aromatic rings. The Morgan fingerprint density at radius 3 is 2.83 bits per heavy atom. The quantitative estimate of drug-likeness (QED) is 0.749. The average Bonchev–Trinajstić information content (AvgIpc) is 2.93. The van der Waals surface area contributed by atoms with Crippen LogP contribution in [0, 0.1) is 0 Å². The molecule has 0 saturated heterocycles. The van der Waals surface area contributed by atoms with Gasteiger partial charge >= 0.3 is 18.3 Å². The van der Waals surface area contributed by atoms with Crippen molar-refractivity contribution in [1.29, 1.82) is 0 Å². The monoisotopic (exact) mass is 339 g/mol. The van der Waals surface area contributed by atoms with E-state index in [9.17, 15) is 32.3 Å². The average molecular weight is 339 g/mol. The van der Waals surface area contributed by atoms with Crippen molar-refractivity contribution in [1.82, 2.24) is 14.9 Å². The third-order valence-corrected chi connectivity index (χ3v) is 3.32. The van der Waals surface area contributed by atoms with Crippen LogP contribution in [0.5, 0.6) is 0 Å². The zero-order valence-electron chi connectivity index (χ0n) is 11.6. The number of alkyl halides is 4. The van der Waals surface area contributed by atoms with Crippen molar-refractivity contribution in [3.63, 3.8) is 0 Å². The number of imidazole rings is 1. The highest BCUT2D eigenvalue weighted by atomic mass is 19.3. The Kier molecular flexibility index (Phi) is 4.88. The molecule has 1 atom stereocenters. The number of aromatic nitrogens is 2. The third kappa shape index (κ3) is 3.60. The summed E-state index contributed by atoms with van der Waals surface area (Å²) < 4.78 is 53.7. The zero-order chi connectivity index (χ0) is 17.2. The predicted octanol–water partition coefficient (Wildman–Crippen LogP) is 0.837. The molecule has 0 aliphatic carbocycles. The molecule has 23 heavy (non-hydrogen) atoms. The number of nitrogens with one attached hydrogen (secondary N) is 1. The van der Waals surface area contributed by atoms with Crippen molar-refractivity contribution in [3.05, 3.63) is 17.7 Å². The van der Waals surface area contributed by atoms with Gasteiger partial charge in [0.05, 0.1) is 12.0 Å². The van der Waals surface area contributed by atoms with E-state index < -0.39 is 43.5 Å². The van der Waals surface area contributed by atoms with E-state index in [2.05, 4.69) is 14.7 Å². The number of amides is 1. The lowest BCUT2D eigenvalue weighted by molar-refractivity contribution is -0.173. The molecule has 0 fully saturated rings. The van der Waals surface area contributed by atoms with Gasteiger partial charge in [-0.25, -0.2) is 18.6 Å². The van der Waals surface area contributed by atoms with Crippen LogP contribution in [0.4, 0.5) is 17.6 Å². The zero-order valence-corrected chi connectivity index (χ0v) is 11.6. The summed E-state index contributed by atoms with van der Waals surface area (Å²) in [5.41, 5.74) is 0.710. The minimum absolute atomic E-state index is 0.0135. The van der Waals surface area contributed by atoms with Crippen molar-refractivity contribution in [2.75, 3.05) is 19.8 Å². The Morgan fingerprint density at radius 2 is 2.22 bits per heavy atom. The van der Waals surface area contributed by atoms with Gasteiger partial charge in [-0.3, -0.25) is 4.79 Å². The van der Waals surface area contributed by atoms with Crippen molar-refractivity contribution < 1.29 is 37.0 Å². The van der Waals surface area contributed by atoms with Crippen molar-refractivity contribution in [3.8, 4) is 0 Å². The highest BCUT2D eigenvalue weighted by Gasteiger charge is 2.42. The van der Waals surface area contributed by atoms with Crippen LogP contribution in [0.15, 0.2) is 6.33 Å². The van der Waals surface area contributed by atoms with Gasteiger partial charge in [0.1, 0.15) is 13.2 Å². The van der Waals surface area contributed by atoms with Gasteiger partial charge in [-0.1, -0.05) is 0 Å². The summed E-state index contributed by atoms with van der Waals surface area (Å²) in [5.74, 6) is -6.61. The highest BCUT2D eigenvalue weighted by Crippen LogP contribution is 2.28. The maximum Gasteiger partial charge on any atom is 0.332 e. The number of aromatic amines is 1. The first-order chi connectivity index (χ1) is 10.7. The number of H-pyrrole nitrogens is 1. The SMILES string of the molecule is O=C(O)[C@@H]1c2nc[nH]c2CCN1C(=O)COCC(F)(F)C(F)F. The second-order valence-corrected chi connectivity index (χ2v) is 4.90. The molecule has 0 saturated carbocycles. The Labute approximate surface area is 127 Å². The summed E-state index contributed by atoms with van der Waals surface area (Å²) in [4.78, 5) is 30.8. The molecule has 0 spiro atoms. The lowest BCUT2D eigenvalue weighted by Gasteiger charge is -2.32. The van der Waals surface area contributed by atoms with Crippen molar-refractivity contribution >= 4 is 11.9 Å². The number of carbonyl (C=O) groups excluding carboxylic acids is 1. The molecule has 1 aliphatic heterocycles. The molecule has 0 unspecified atom stereocenters. The van der Waals surface area contributed by atoms with Crippen molar-refractivity contribution in [2.24, 2.45) is 0 Å². The first-order valence-electron chi connectivity index (χ1n) is 6.52. The third-order valence-electron chi connectivity index (χ3n) is 3.32. The van der Waals surface area contributed by atoms with Gasteiger partial charge in [-0.15, -0.1) is 0 Å². The number of carbonyl (C=O) groups is 2. The standard InChI is InChI=1S/C12H13F4N3O4/c13-11(14)12(15,16)4-23-3-7(20)19-2-1-6-8(18-5-17-6)9(19)10(21)22/h5,9,11H,1-4H2,(H,17,18)(H,21,22)/t9-/m0/s1. The first-order valence-corrected chi connectivity index (χ1v) is 6.52. The minimum atomic E-state index is -4.37. The molecule has 2 N–H and O–H groups in total. The largest absolute Gasteiger partial charge is 0.479 e. The molecule has 0 bridgehead atoms. The molecule has 0 radical (unpaired) electrons. The summed E-state index contributed by atoms with van der Waals surface area (Å²) in [7, 11) is 0. The Morgan fingerprint density at radius 1 is 1.52 bits per heavy atom. The van der Waals surface area contributed by atoms with Crippen LogP contribution in [0.3, 0.4) is 0 Å². The van der Waals surface area contributed by atoms with Crippen LogP contribution in [0.25, 0.3) is 0 Å². The van der Waals surface area contributed by atoms with Gasteiger partial charge < -0.3 is 19.7 Å². The van der Waals surface area contributed by atoms with Gasteiger partial charge in [-0.05, 0) is 0 Å². The van der Waals surface area contributed by atoms with Crippen LogP contribution < -0.4 is 0 Å². The number of carboxylic acid groups (broad SMARTS) is 1. The van der Waals surface area contributed by atoms with Crippen LogP contribution in [0.2, 0.25) is 0 Å². The van der Waals surface area contributed by atoms with Crippen molar-refractivity contribution in [2.45, 2.75) is 24.8 Å². The number of nitrogens with zero attached hydrogens (tertiary/aromatic N) is 2. The van der Waals surface area contributed by atoms with Crippen LogP contribution in [-0.2, 0) is 20.7 Å². The fourth-order valence-electron chi connectivity index (χ4n) is 2.22. The smallest absolute Gasteiger partial charge is 0.332 e. The number of carboxylic acids is 1. The van der Waals surface area contributed by atoms with E-state index >= 15 is 0 Å². The molecular weight excluding hydrogens is 326 g/mol. The number of ether oxygens (including phenoxy) is 1. The van der Waals surface area contributed by atoms with E-state index in [-0.39, 0.29) is 12.2 Å². The topological polar surface area (TPSA) is 95.5 Å². The van der Waals surface area contributed by atoms with Gasteiger partial charge in [0.25, 0.3) is 0 Å². The molecule has 1 aliphatic rings. The molecule has 7 nitrogen and oxygen atoms in total. The maximum atomic E-state index is 12.7. The summed E-state index contributed by atoms with van der Waals surface area (Å²) >= 11 is 0.